The monoisotopic (exact) mass is 408 g/mol. The highest BCUT2D eigenvalue weighted by molar-refractivity contribution is 9.10. The first-order valence-corrected chi connectivity index (χ1v) is 7.53. The van der Waals surface area contributed by atoms with E-state index in [1.54, 1.807) is 0 Å². The predicted octanol–water partition coefficient (Wildman–Crippen LogP) is 6.11. The molecular formula is C14H6BrCl2F3N2. The number of halogens is 6. The van der Waals surface area contributed by atoms with E-state index in [1.165, 1.54) is 36.4 Å². The van der Waals surface area contributed by atoms with Gasteiger partial charge in [-0.1, -0.05) is 23.2 Å². The molecule has 0 N–H and O–H groups in total. The van der Waals surface area contributed by atoms with Gasteiger partial charge in [-0.2, -0.15) is 13.2 Å². The van der Waals surface area contributed by atoms with E-state index < -0.39 is 12.0 Å². The van der Waals surface area contributed by atoms with Crippen LogP contribution >= 0.6 is 39.1 Å². The summed E-state index contributed by atoms with van der Waals surface area (Å²) in [6.07, 6.45) is -4.61. The van der Waals surface area contributed by atoms with E-state index in [-0.39, 0.29) is 16.7 Å². The molecule has 114 valence electrons. The first-order valence-electron chi connectivity index (χ1n) is 5.98. The Hall–Kier alpha value is -1.24. The van der Waals surface area contributed by atoms with Gasteiger partial charge in [0.15, 0.2) is 0 Å². The summed E-state index contributed by atoms with van der Waals surface area (Å²) in [5.41, 5.74) is 0.753. The highest BCUT2D eigenvalue weighted by Crippen LogP contribution is 2.37. The summed E-state index contributed by atoms with van der Waals surface area (Å²) in [4.78, 5) is 3.69. The van der Waals surface area contributed by atoms with Gasteiger partial charge >= 0.3 is 6.18 Å². The first-order chi connectivity index (χ1) is 10.3. The number of hydrogen-bond acceptors (Lipinski definition) is 1. The van der Waals surface area contributed by atoms with Gasteiger partial charge < -0.3 is 0 Å². The van der Waals surface area contributed by atoms with Crippen molar-refractivity contribution in [1.29, 1.82) is 0 Å². The number of benzene rings is 2. The predicted molar refractivity (Wildman–Crippen MR) is 83.8 cm³/mol. The van der Waals surface area contributed by atoms with Crippen LogP contribution in [0.3, 0.4) is 0 Å². The number of rotatable bonds is 1. The number of aromatic nitrogens is 2. The van der Waals surface area contributed by atoms with Gasteiger partial charge in [-0.3, -0.25) is 4.57 Å². The van der Waals surface area contributed by atoms with E-state index in [9.17, 15) is 13.2 Å². The molecule has 1 heterocycles. The number of nitrogens with zero attached hydrogens (tertiary/aromatic N) is 2. The Morgan fingerprint density at radius 2 is 1.64 bits per heavy atom. The van der Waals surface area contributed by atoms with Crippen LogP contribution in [-0.2, 0) is 6.18 Å². The van der Waals surface area contributed by atoms with Crippen molar-refractivity contribution >= 4 is 50.2 Å². The van der Waals surface area contributed by atoms with Gasteiger partial charge in [0, 0.05) is 14.5 Å². The van der Waals surface area contributed by atoms with Crippen molar-refractivity contribution in [2.45, 2.75) is 6.18 Å². The van der Waals surface area contributed by atoms with Gasteiger partial charge in [-0.15, -0.1) is 0 Å². The second-order valence-corrected chi connectivity index (χ2v) is 6.22. The van der Waals surface area contributed by atoms with Gasteiger partial charge in [0.1, 0.15) is 0 Å². The third-order valence-electron chi connectivity index (χ3n) is 3.02. The molecule has 8 heteroatoms. The van der Waals surface area contributed by atoms with Crippen LogP contribution < -0.4 is 0 Å². The lowest BCUT2D eigenvalue weighted by Crippen LogP contribution is -2.14. The van der Waals surface area contributed by atoms with Crippen LogP contribution in [0.5, 0.6) is 0 Å². The van der Waals surface area contributed by atoms with Crippen molar-refractivity contribution in [2.24, 2.45) is 0 Å². The molecule has 3 rings (SSSR count). The van der Waals surface area contributed by atoms with E-state index in [0.717, 1.165) is 4.57 Å². The third kappa shape index (κ3) is 2.71. The standard InChI is InChI=1S/C14H6BrCl2F3N2/c15-9-5-7(16)2-4-11(9)22-12-6-8(17)1-3-10(12)21-13(22)14(18,19)20/h1-6H. The normalized spacial score (nSPS) is 12.1. The lowest BCUT2D eigenvalue weighted by atomic mass is 10.2. The molecule has 22 heavy (non-hydrogen) atoms. The lowest BCUT2D eigenvalue weighted by Gasteiger charge is -2.13. The molecule has 2 aromatic carbocycles. The maximum Gasteiger partial charge on any atom is 0.450 e. The number of fused-ring (bicyclic) bond motifs is 1. The highest BCUT2D eigenvalue weighted by Gasteiger charge is 2.38. The smallest absolute Gasteiger partial charge is 0.288 e. The summed E-state index contributed by atoms with van der Waals surface area (Å²) in [6.45, 7) is 0. The van der Waals surface area contributed by atoms with Crippen molar-refractivity contribution in [1.82, 2.24) is 9.55 Å². The summed E-state index contributed by atoms with van der Waals surface area (Å²) < 4.78 is 41.4. The zero-order valence-corrected chi connectivity index (χ0v) is 13.7. The third-order valence-corrected chi connectivity index (χ3v) is 4.13. The fourth-order valence-corrected chi connectivity index (χ4v) is 3.17. The van der Waals surface area contributed by atoms with Gasteiger partial charge in [0.2, 0.25) is 5.82 Å². The van der Waals surface area contributed by atoms with Crippen molar-refractivity contribution in [3.8, 4) is 5.69 Å². The van der Waals surface area contributed by atoms with E-state index in [1.807, 2.05) is 0 Å². The molecule has 0 atom stereocenters. The number of imidazole rings is 1. The maximum atomic E-state index is 13.3. The van der Waals surface area contributed by atoms with E-state index in [2.05, 4.69) is 20.9 Å². The topological polar surface area (TPSA) is 17.8 Å². The summed E-state index contributed by atoms with van der Waals surface area (Å²) in [5.74, 6) is -1.02. The summed E-state index contributed by atoms with van der Waals surface area (Å²) >= 11 is 15.0. The number of alkyl halides is 3. The molecule has 0 radical (unpaired) electrons. The second kappa shape index (κ2) is 5.44. The molecule has 0 aliphatic carbocycles. The first kappa shape index (κ1) is 15.6. The molecule has 0 saturated heterocycles. The van der Waals surface area contributed by atoms with Crippen LogP contribution in [0.1, 0.15) is 5.82 Å². The van der Waals surface area contributed by atoms with Gasteiger partial charge in [0.25, 0.3) is 0 Å². The lowest BCUT2D eigenvalue weighted by molar-refractivity contribution is -0.145. The molecule has 0 aliphatic rings. The molecule has 0 spiro atoms. The Balaban J connectivity index is 2.41. The van der Waals surface area contributed by atoms with Gasteiger partial charge in [-0.05, 0) is 52.3 Å². The molecule has 0 amide bonds. The zero-order valence-electron chi connectivity index (χ0n) is 10.6. The van der Waals surface area contributed by atoms with Crippen LogP contribution in [-0.4, -0.2) is 9.55 Å². The minimum Gasteiger partial charge on any atom is -0.288 e. The Kier molecular flexibility index (Phi) is 3.87. The molecule has 2 nitrogen and oxygen atoms in total. The Morgan fingerprint density at radius 3 is 2.27 bits per heavy atom. The van der Waals surface area contributed by atoms with E-state index in [4.69, 9.17) is 23.2 Å². The molecule has 3 aromatic rings. The molecule has 0 fully saturated rings. The molecular weight excluding hydrogens is 404 g/mol. The Labute approximate surface area is 141 Å². The molecule has 0 bridgehead atoms. The van der Waals surface area contributed by atoms with Gasteiger partial charge in [0.05, 0.1) is 16.7 Å². The quantitative estimate of drug-likeness (QED) is 0.473. The van der Waals surface area contributed by atoms with Crippen LogP contribution in [0.15, 0.2) is 40.9 Å². The van der Waals surface area contributed by atoms with E-state index >= 15 is 0 Å². The van der Waals surface area contributed by atoms with Crippen molar-refractivity contribution in [3.63, 3.8) is 0 Å². The van der Waals surface area contributed by atoms with E-state index in [0.29, 0.717) is 14.5 Å². The second-order valence-electron chi connectivity index (χ2n) is 4.50. The average Bonchev–Trinajstić information content (AvgIpc) is 2.77. The summed E-state index contributed by atoms with van der Waals surface area (Å²) in [7, 11) is 0. The highest BCUT2D eigenvalue weighted by atomic mass is 79.9. The zero-order chi connectivity index (χ0) is 16.1. The minimum atomic E-state index is -4.61. The molecule has 0 saturated carbocycles. The van der Waals surface area contributed by atoms with Crippen LogP contribution in [0.4, 0.5) is 13.2 Å². The number of hydrogen-bond donors (Lipinski definition) is 0. The molecule has 1 aromatic heterocycles. The van der Waals surface area contributed by atoms with Crippen molar-refractivity contribution in [2.75, 3.05) is 0 Å². The van der Waals surface area contributed by atoms with Gasteiger partial charge in [-0.25, -0.2) is 4.98 Å². The maximum absolute atomic E-state index is 13.3. The van der Waals surface area contributed by atoms with Crippen LogP contribution in [0, 0.1) is 0 Å². The SMILES string of the molecule is FC(F)(F)c1nc2ccc(Cl)cc2n1-c1ccc(Cl)cc1Br. The largest absolute Gasteiger partial charge is 0.450 e. The van der Waals surface area contributed by atoms with Crippen molar-refractivity contribution < 1.29 is 13.2 Å². The molecule has 0 aliphatic heterocycles. The minimum absolute atomic E-state index is 0.207. The summed E-state index contributed by atoms with van der Waals surface area (Å²) in [6, 6.07) is 8.92. The summed E-state index contributed by atoms with van der Waals surface area (Å²) in [5, 5.41) is 0.735. The van der Waals surface area contributed by atoms with Crippen molar-refractivity contribution in [3.05, 3.63) is 56.7 Å². The van der Waals surface area contributed by atoms with Crippen LogP contribution in [0.2, 0.25) is 10.0 Å². The van der Waals surface area contributed by atoms with Crippen LogP contribution in [0.25, 0.3) is 16.7 Å². The Bertz CT molecular complexity index is 874. The Morgan fingerprint density at radius 1 is 1.00 bits per heavy atom. The average molecular weight is 410 g/mol. The fourth-order valence-electron chi connectivity index (χ4n) is 2.15. The molecule has 0 unspecified atom stereocenters. The fraction of sp³-hybridized carbons (Fsp3) is 0.0714.